The van der Waals surface area contributed by atoms with Crippen LogP contribution in [-0.4, -0.2) is 46.8 Å². The summed E-state index contributed by atoms with van der Waals surface area (Å²) in [6, 6.07) is 2.17. The number of carbonyl (C=O) groups is 1. The molecule has 2 rings (SSSR count). The molecule has 142 valence electrons. The maximum Gasteiger partial charge on any atom is 0.279 e. The minimum atomic E-state index is -0.712. The summed E-state index contributed by atoms with van der Waals surface area (Å²) in [5.41, 5.74) is -0.977. The van der Waals surface area contributed by atoms with E-state index in [1.807, 2.05) is 0 Å². The van der Waals surface area contributed by atoms with Crippen molar-refractivity contribution in [3.05, 3.63) is 43.5 Å². The zero-order chi connectivity index (χ0) is 19.3. The van der Waals surface area contributed by atoms with E-state index in [1.165, 1.54) is 19.8 Å². The molecule has 0 saturated carbocycles. The van der Waals surface area contributed by atoms with E-state index >= 15 is 0 Å². The van der Waals surface area contributed by atoms with E-state index < -0.39 is 27.1 Å². The summed E-state index contributed by atoms with van der Waals surface area (Å²) in [5.74, 6) is 0.148. The van der Waals surface area contributed by atoms with E-state index in [1.54, 1.807) is 0 Å². The van der Waals surface area contributed by atoms with Gasteiger partial charge in [-0.05, 0) is 45.2 Å². The number of nitrogens with one attached hydrogen (secondary N) is 1. The summed E-state index contributed by atoms with van der Waals surface area (Å²) in [6.45, 7) is 6.94. The quantitative estimate of drug-likeness (QED) is 0.451. The van der Waals surface area contributed by atoms with Crippen molar-refractivity contribution in [2.75, 3.05) is 26.2 Å². The second-order valence-corrected chi connectivity index (χ2v) is 6.81. The second-order valence-electron chi connectivity index (χ2n) is 6.81. The van der Waals surface area contributed by atoms with Crippen LogP contribution < -0.4 is 5.32 Å². The first kappa shape index (κ1) is 19.8. The van der Waals surface area contributed by atoms with Gasteiger partial charge in [-0.1, -0.05) is 6.92 Å². The van der Waals surface area contributed by atoms with Crippen LogP contribution in [0.3, 0.4) is 0 Å². The third-order valence-electron chi connectivity index (χ3n) is 4.69. The Labute approximate surface area is 151 Å². The van der Waals surface area contributed by atoms with Gasteiger partial charge >= 0.3 is 0 Å². The Balaban J connectivity index is 1.96. The van der Waals surface area contributed by atoms with Gasteiger partial charge in [0, 0.05) is 25.2 Å². The van der Waals surface area contributed by atoms with Crippen molar-refractivity contribution in [1.29, 1.82) is 0 Å². The summed E-state index contributed by atoms with van der Waals surface area (Å²) in [6.07, 6.45) is 3.19. The van der Waals surface area contributed by atoms with Gasteiger partial charge in [0.2, 0.25) is 0 Å². The lowest BCUT2D eigenvalue weighted by molar-refractivity contribution is -0.395. The first-order chi connectivity index (χ1) is 12.3. The van der Waals surface area contributed by atoms with Gasteiger partial charge in [0.1, 0.15) is 5.56 Å². The molecule has 26 heavy (non-hydrogen) atoms. The smallest absolute Gasteiger partial charge is 0.279 e. The van der Waals surface area contributed by atoms with Crippen LogP contribution in [0.4, 0.5) is 11.4 Å². The van der Waals surface area contributed by atoms with Gasteiger partial charge in [-0.2, -0.15) is 0 Å². The number of likely N-dealkylation sites (tertiary alicyclic amines) is 1. The number of nitro groups is 2. The molecule has 1 N–H and O–H groups in total. The number of hydrogen-bond acceptors (Lipinski definition) is 6. The highest BCUT2D eigenvalue weighted by Gasteiger charge is 2.25. The van der Waals surface area contributed by atoms with Crippen LogP contribution in [0.2, 0.25) is 0 Å². The monoisotopic (exact) mass is 364 g/mol. The normalized spacial score (nSPS) is 17.7. The standard InChI is InChI=1S/C17H24N4O5/c1-12-5-3-7-19(11-12)8-4-6-18-17(22)14-9-15(20(23)24)13(2)16(10-14)21(25)26/h9-10,12H,3-8,11H2,1-2H3,(H,18,22). The molecule has 1 aliphatic heterocycles. The highest BCUT2D eigenvalue weighted by molar-refractivity contribution is 5.96. The first-order valence-corrected chi connectivity index (χ1v) is 8.73. The molecule has 1 saturated heterocycles. The molecule has 0 radical (unpaired) electrons. The predicted molar refractivity (Wildman–Crippen MR) is 96.3 cm³/mol. The predicted octanol–water partition coefficient (Wildman–Crippen LogP) is 2.66. The fraction of sp³-hybridized carbons (Fsp3) is 0.588. The Morgan fingerprint density at radius 1 is 1.27 bits per heavy atom. The average Bonchev–Trinajstić information content (AvgIpc) is 2.58. The topological polar surface area (TPSA) is 119 Å². The van der Waals surface area contributed by atoms with Crippen LogP contribution in [0.1, 0.15) is 42.1 Å². The number of hydrogen-bond donors (Lipinski definition) is 1. The number of carbonyl (C=O) groups excluding carboxylic acids is 1. The minimum absolute atomic E-state index is 0.0595. The number of nitrogens with zero attached hydrogens (tertiary/aromatic N) is 3. The molecule has 1 heterocycles. The minimum Gasteiger partial charge on any atom is -0.352 e. The van der Waals surface area contributed by atoms with Gasteiger partial charge in [0.15, 0.2) is 0 Å². The average molecular weight is 364 g/mol. The van der Waals surface area contributed by atoms with Crippen molar-refractivity contribution in [1.82, 2.24) is 10.2 Å². The van der Waals surface area contributed by atoms with E-state index in [4.69, 9.17) is 0 Å². The van der Waals surface area contributed by atoms with Crippen LogP contribution in [-0.2, 0) is 0 Å². The first-order valence-electron chi connectivity index (χ1n) is 8.73. The Hall–Kier alpha value is -2.55. The lowest BCUT2D eigenvalue weighted by Gasteiger charge is -2.30. The number of benzene rings is 1. The number of piperidine rings is 1. The summed E-state index contributed by atoms with van der Waals surface area (Å²) in [7, 11) is 0. The molecule has 9 heteroatoms. The molecule has 1 aromatic carbocycles. The van der Waals surface area contributed by atoms with Crippen molar-refractivity contribution in [3.8, 4) is 0 Å². The zero-order valence-electron chi connectivity index (χ0n) is 15.1. The maximum absolute atomic E-state index is 12.2. The molecule has 1 fully saturated rings. The van der Waals surface area contributed by atoms with Crippen molar-refractivity contribution in [3.63, 3.8) is 0 Å². The molecule has 1 amide bonds. The second kappa shape index (κ2) is 8.70. The molecule has 1 aliphatic rings. The van der Waals surface area contributed by atoms with Gasteiger partial charge < -0.3 is 10.2 Å². The lowest BCUT2D eigenvalue weighted by Crippen LogP contribution is -2.36. The van der Waals surface area contributed by atoms with Crippen molar-refractivity contribution >= 4 is 17.3 Å². The maximum atomic E-state index is 12.2. The molecule has 0 aromatic heterocycles. The molecule has 0 aliphatic carbocycles. The van der Waals surface area contributed by atoms with E-state index in [-0.39, 0.29) is 11.1 Å². The fourth-order valence-corrected chi connectivity index (χ4v) is 3.29. The summed E-state index contributed by atoms with van der Waals surface area (Å²) in [4.78, 5) is 35.3. The van der Waals surface area contributed by atoms with Crippen LogP contribution >= 0.6 is 0 Å². The van der Waals surface area contributed by atoms with Gasteiger partial charge in [-0.25, -0.2) is 0 Å². The SMILES string of the molecule is Cc1c([N+](=O)[O-])cc(C(=O)NCCCN2CCCC(C)C2)cc1[N+](=O)[O-]. The largest absolute Gasteiger partial charge is 0.352 e. The van der Waals surface area contributed by atoms with Crippen LogP contribution in [0, 0.1) is 33.1 Å². The molecule has 0 bridgehead atoms. The highest BCUT2D eigenvalue weighted by Crippen LogP contribution is 2.29. The van der Waals surface area contributed by atoms with Crippen molar-refractivity contribution in [2.45, 2.75) is 33.1 Å². The zero-order valence-corrected chi connectivity index (χ0v) is 15.1. The van der Waals surface area contributed by atoms with Gasteiger partial charge in [-0.3, -0.25) is 25.0 Å². The Kier molecular flexibility index (Phi) is 6.62. The summed E-state index contributed by atoms with van der Waals surface area (Å²) >= 11 is 0. The molecule has 9 nitrogen and oxygen atoms in total. The third-order valence-corrected chi connectivity index (χ3v) is 4.69. The molecular formula is C17H24N4O5. The van der Waals surface area contributed by atoms with E-state index in [0.717, 1.165) is 38.2 Å². The van der Waals surface area contributed by atoms with Gasteiger partial charge in [0.05, 0.1) is 15.4 Å². The number of amides is 1. The van der Waals surface area contributed by atoms with Crippen LogP contribution in [0.25, 0.3) is 0 Å². The lowest BCUT2D eigenvalue weighted by atomic mass is 10.0. The molecule has 1 unspecified atom stereocenters. The number of nitro benzene ring substituents is 2. The molecule has 0 spiro atoms. The number of rotatable bonds is 7. The van der Waals surface area contributed by atoms with Crippen LogP contribution in [0.5, 0.6) is 0 Å². The molecular weight excluding hydrogens is 340 g/mol. The summed E-state index contributed by atoms with van der Waals surface area (Å²) < 4.78 is 0. The molecule has 1 aromatic rings. The van der Waals surface area contributed by atoms with Crippen molar-refractivity contribution < 1.29 is 14.6 Å². The van der Waals surface area contributed by atoms with Gasteiger partial charge in [-0.15, -0.1) is 0 Å². The van der Waals surface area contributed by atoms with E-state index in [0.29, 0.717) is 12.5 Å². The Morgan fingerprint density at radius 3 is 2.42 bits per heavy atom. The van der Waals surface area contributed by atoms with E-state index in [9.17, 15) is 25.0 Å². The summed E-state index contributed by atoms with van der Waals surface area (Å²) in [5, 5.41) is 24.8. The third kappa shape index (κ3) is 4.98. The van der Waals surface area contributed by atoms with Crippen LogP contribution in [0.15, 0.2) is 12.1 Å². The Bertz CT molecular complexity index is 671. The van der Waals surface area contributed by atoms with Gasteiger partial charge in [0.25, 0.3) is 17.3 Å². The van der Waals surface area contributed by atoms with Crippen molar-refractivity contribution in [2.24, 2.45) is 5.92 Å². The molecule has 1 atom stereocenters. The fourth-order valence-electron chi connectivity index (χ4n) is 3.29. The van der Waals surface area contributed by atoms with E-state index in [2.05, 4.69) is 17.1 Å². The highest BCUT2D eigenvalue weighted by atomic mass is 16.6. The Morgan fingerprint density at radius 2 is 1.88 bits per heavy atom.